The van der Waals surface area contributed by atoms with E-state index in [1.807, 2.05) is 50.2 Å². The minimum absolute atomic E-state index is 0.0571. The highest BCUT2D eigenvalue weighted by Gasteiger charge is 2.30. The number of benzene rings is 2. The second-order valence-corrected chi connectivity index (χ2v) is 8.51. The first-order valence-electron chi connectivity index (χ1n) is 10.4. The Labute approximate surface area is 195 Å². The van der Waals surface area contributed by atoms with Gasteiger partial charge in [-0.25, -0.2) is 0 Å². The van der Waals surface area contributed by atoms with Crippen LogP contribution in [0.25, 0.3) is 11.4 Å². The summed E-state index contributed by atoms with van der Waals surface area (Å²) in [5.41, 5.74) is 1.52. The summed E-state index contributed by atoms with van der Waals surface area (Å²) in [6.07, 6.45) is -4.44. The number of carbonyl (C=O) groups is 1. The molecule has 0 saturated carbocycles. The highest BCUT2D eigenvalue weighted by molar-refractivity contribution is 7.71. The van der Waals surface area contributed by atoms with Gasteiger partial charge in [0.1, 0.15) is 6.54 Å². The van der Waals surface area contributed by atoms with Crippen molar-refractivity contribution in [3.63, 3.8) is 0 Å². The van der Waals surface area contributed by atoms with E-state index in [1.54, 1.807) is 15.5 Å². The molecule has 1 heterocycles. The van der Waals surface area contributed by atoms with Crippen molar-refractivity contribution < 1.29 is 18.0 Å². The second-order valence-electron chi connectivity index (χ2n) is 8.12. The molecule has 0 aliphatic heterocycles. The van der Waals surface area contributed by atoms with Gasteiger partial charge in [0.25, 0.3) is 0 Å². The van der Waals surface area contributed by atoms with Crippen molar-refractivity contribution in [2.24, 2.45) is 0 Å². The smallest absolute Gasteiger partial charge is 0.336 e. The first-order chi connectivity index (χ1) is 15.5. The fraction of sp³-hybridized carbons (Fsp3) is 0.348. The van der Waals surface area contributed by atoms with E-state index < -0.39 is 11.7 Å². The predicted octanol–water partition coefficient (Wildman–Crippen LogP) is 4.53. The lowest BCUT2D eigenvalue weighted by molar-refractivity contribution is -0.137. The first kappa shape index (κ1) is 24.7. The highest BCUT2D eigenvalue weighted by Crippen LogP contribution is 2.29. The van der Waals surface area contributed by atoms with E-state index >= 15 is 0 Å². The lowest BCUT2D eigenvalue weighted by Gasteiger charge is -2.25. The average molecular weight is 478 g/mol. The van der Waals surface area contributed by atoms with Gasteiger partial charge < -0.3 is 9.80 Å². The summed E-state index contributed by atoms with van der Waals surface area (Å²) in [4.78, 5) is 16.7. The summed E-state index contributed by atoms with van der Waals surface area (Å²) < 4.78 is 41.3. The quantitative estimate of drug-likeness (QED) is 0.485. The number of aryl methyl sites for hydroxylation is 1. The summed E-state index contributed by atoms with van der Waals surface area (Å²) >= 11 is 5.35. The van der Waals surface area contributed by atoms with Gasteiger partial charge in [0.2, 0.25) is 5.91 Å². The van der Waals surface area contributed by atoms with E-state index in [1.165, 1.54) is 6.07 Å². The van der Waals surface area contributed by atoms with Crippen molar-refractivity contribution in [3.05, 3.63) is 70.0 Å². The number of halogens is 3. The molecule has 3 aromatic rings. The van der Waals surface area contributed by atoms with Crippen molar-refractivity contribution in [3.8, 4) is 11.4 Å². The molecule has 0 radical (unpaired) electrons. The Balaban J connectivity index is 1.87. The molecule has 33 heavy (non-hydrogen) atoms. The molecule has 0 fully saturated rings. The van der Waals surface area contributed by atoms with Crippen molar-refractivity contribution in [2.45, 2.75) is 26.2 Å². The van der Waals surface area contributed by atoms with E-state index in [-0.39, 0.29) is 19.0 Å². The average Bonchev–Trinajstić information content (AvgIpc) is 3.10. The Hall–Kier alpha value is -2.98. The summed E-state index contributed by atoms with van der Waals surface area (Å²) in [6, 6.07) is 12.7. The highest BCUT2D eigenvalue weighted by atomic mass is 32.1. The Bertz CT molecular complexity index is 1170. The van der Waals surface area contributed by atoms with Crippen LogP contribution < -0.4 is 0 Å². The van der Waals surface area contributed by atoms with E-state index in [2.05, 4.69) is 10.2 Å². The van der Waals surface area contributed by atoms with Crippen LogP contribution in [0.4, 0.5) is 13.2 Å². The van der Waals surface area contributed by atoms with Crippen LogP contribution >= 0.6 is 12.2 Å². The molecule has 0 saturated heterocycles. The molecule has 2 aromatic carbocycles. The Morgan fingerprint density at radius 1 is 1.12 bits per heavy atom. The summed E-state index contributed by atoms with van der Waals surface area (Å²) in [7, 11) is 3.74. The fourth-order valence-corrected chi connectivity index (χ4v) is 3.58. The van der Waals surface area contributed by atoms with Crippen molar-refractivity contribution in [1.82, 2.24) is 24.6 Å². The molecule has 0 atom stereocenters. The summed E-state index contributed by atoms with van der Waals surface area (Å²) in [5, 5.41) is 7.01. The largest absolute Gasteiger partial charge is 0.416 e. The second kappa shape index (κ2) is 10.3. The Morgan fingerprint density at radius 3 is 2.52 bits per heavy atom. The molecule has 176 valence electrons. The number of likely N-dealkylation sites (N-methyl/N-ethyl adjacent to an activating group) is 1. The minimum atomic E-state index is -4.44. The maximum absolute atomic E-state index is 13.3. The maximum Gasteiger partial charge on any atom is 0.416 e. The number of aromatic amines is 1. The zero-order valence-electron chi connectivity index (χ0n) is 18.7. The number of rotatable bonds is 8. The molecule has 1 N–H and O–H groups in total. The van der Waals surface area contributed by atoms with Crippen molar-refractivity contribution >= 4 is 18.1 Å². The van der Waals surface area contributed by atoms with Crippen LogP contribution in [-0.2, 0) is 24.1 Å². The molecule has 1 aromatic heterocycles. The van der Waals surface area contributed by atoms with Gasteiger partial charge in [-0.2, -0.15) is 18.3 Å². The van der Waals surface area contributed by atoms with Gasteiger partial charge in [-0.1, -0.05) is 35.9 Å². The maximum atomic E-state index is 13.3. The van der Waals surface area contributed by atoms with Gasteiger partial charge in [0.15, 0.2) is 10.6 Å². The number of hydrogen-bond donors (Lipinski definition) is 1. The molecule has 3 rings (SSSR count). The lowest BCUT2D eigenvalue weighted by Crippen LogP contribution is -2.38. The number of hydrogen-bond acceptors (Lipinski definition) is 4. The third-order valence-electron chi connectivity index (χ3n) is 5.13. The van der Waals surface area contributed by atoms with Gasteiger partial charge in [-0.3, -0.25) is 14.5 Å². The zero-order chi connectivity index (χ0) is 24.2. The van der Waals surface area contributed by atoms with E-state index in [0.717, 1.165) is 23.3 Å². The van der Waals surface area contributed by atoms with Gasteiger partial charge in [0.05, 0.1) is 5.56 Å². The van der Waals surface area contributed by atoms with E-state index in [0.29, 0.717) is 29.2 Å². The van der Waals surface area contributed by atoms with Gasteiger partial charge in [-0.05, 0) is 57.0 Å². The summed E-state index contributed by atoms with van der Waals surface area (Å²) in [6.45, 7) is 2.85. The molecule has 0 bridgehead atoms. The van der Waals surface area contributed by atoms with E-state index in [9.17, 15) is 18.0 Å². The normalized spacial score (nSPS) is 11.7. The molecule has 10 heteroatoms. The summed E-state index contributed by atoms with van der Waals surface area (Å²) in [5.74, 6) is 0.268. The minimum Gasteiger partial charge on any atom is -0.336 e. The topological polar surface area (TPSA) is 57.2 Å². The third kappa shape index (κ3) is 6.52. The van der Waals surface area contributed by atoms with Crippen LogP contribution in [0.2, 0.25) is 0 Å². The van der Waals surface area contributed by atoms with Gasteiger partial charge in [-0.15, -0.1) is 0 Å². The molecule has 0 aliphatic carbocycles. The van der Waals surface area contributed by atoms with Crippen LogP contribution in [0, 0.1) is 11.7 Å². The molecule has 6 nitrogen and oxygen atoms in total. The fourth-order valence-electron chi connectivity index (χ4n) is 3.38. The van der Waals surface area contributed by atoms with Crippen LogP contribution in [0.5, 0.6) is 0 Å². The number of amides is 1. The zero-order valence-corrected chi connectivity index (χ0v) is 19.5. The number of alkyl halides is 3. The van der Waals surface area contributed by atoms with E-state index in [4.69, 9.17) is 12.2 Å². The standard InChI is InChI=1S/C23H26F3N5OS/c1-16-6-4-8-18(12-16)21-27-28-22(33)31(21)15-20(32)30(11-10-29(2)3)14-17-7-5-9-19(13-17)23(24,25)26/h4-9,12-13H,10-11,14-15H2,1-3H3,(H,28,33). The van der Waals surface area contributed by atoms with Crippen LogP contribution in [0.1, 0.15) is 16.7 Å². The Morgan fingerprint density at radius 2 is 1.85 bits per heavy atom. The molecule has 0 unspecified atom stereocenters. The SMILES string of the molecule is Cc1cccc(-c2n[nH]c(=S)n2CC(=O)N(CCN(C)C)Cc2cccc(C(F)(F)F)c2)c1. The van der Waals surface area contributed by atoms with Crippen LogP contribution in [-0.4, -0.2) is 57.7 Å². The van der Waals surface area contributed by atoms with Crippen molar-refractivity contribution in [1.29, 1.82) is 0 Å². The number of nitrogens with one attached hydrogen (secondary N) is 1. The number of carbonyl (C=O) groups excluding carboxylic acids is 1. The molecular formula is C23H26F3N5OS. The monoisotopic (exact) mass is 477 g/mol. The number of nitrogens with zero attached hydrogens (tertiary/aromatic N) is 4. The van der Waals surface area contributed by atoms with Gasteiger partial charge >= 0.3 is 6.18 Å². The first-order valence-corrected chi connectivity index (χ1v) is 10.8. The predicted molar refractivity (Wildman–Crippen MR) is 123 cm³/mol. The lowest BCUT2D eigenvalue weighted by atomic mass is 10.1. The van der Waals surface area contributed by atoms with Crippen LogP contribution in [0.15, 0.2) is 48.5 Å². The Kier molecular flexibility index (Phi) is 7.70. The number of aromatic nitrogens is 3. The molecular weight excluding hydrogens is 451 g/mol. The molecule has 0 spiro atoms. The molecule has 1 amide bonds. The van der Waals surface area contributed by atoms with Crippen molar-refractivity contribution in [2.75, 3.05) is 27.2 Å². The van der Waals surface area contributed by atoms with Crippen LogP contribution in [0.3, 0.4) is 0 Å². The molecule has 0 aliphatic rings. The number of H-pyrrole nitrogens is 1. The third-order valence-corrected chi connectivity index (χ3v) is 5.44. The van der Waals surface area contributed by atoms with Gasteiger partial charge in [0, 0.05) is 25.2 Å².